The van der Waals surface area contributed by atoms with Crippen LogP contribution in [0.5, 0.6) is 0 Å². The van der Waals surface area contributed by atoms with Crippen LogP contribution in [0.4, 0.5) is 0 Å². The van der Waals surface area contributed by atoms with Crippen molar-refractivity contribution in [2.24, 2.45) is 7.05 Å². The zero-order valence-corrected chi connectivity index (χ0v) is 11.2. The number of nitrogens with zero attached hydrogens (tertiary/aromatic N) is 2. The average molecular weight is 236 g/mol. The maximum absolute atomic E-state index is 12.4. The van der Waals surface area contributed by atoms with E-state index in [1.807, 2.05) is 31.9 Å². The van der Waals surface area contributed by atoms with Gasteiger partial charge in [0.2, 0.25) is 0 Å². The molecule has 94 valence electrons. The zero-order chi connectivity index (χ0) is 12.6. The van der Waals surface area contributed by atoms with Crippen molar-refractivity contribution in [3.8, 4) is 0 Å². The molecule has 1 aromatic rings. The van der Waals surface area contributed by atoms with Crippen LogP contribution in [0.1, 0.15) is 21.7 Å². The van der Waals surface area contributed by atoms with E-state index in [4.69, 9.17) is 0 Å². The first-order valence-corrected chi connectivity index (χ1v) is 6.24. The van der Waals surface area contributed by atoms with Crippen molar-refractivity contribution in [2.75, 3.05) is 33.2 Å². The second kappa shape index (κ2) is 4.53. The summed E-state index contributed by atoms with van der Waals surface area (Å²) in [5.74, 6) is 0.193. The number of rotatable bonds is 1. The smallest absolute Gasteiger partial charge is 0.256 e. The van der Waals surface area contributed by atoms with Crippen molar-refractivity contribution >= 4 is 5.91 Å². The number of carbonyl (C=O) groups is 1. The minimum Gasteiger partial charge on any atom is -0.351 e. The predicted octanol–water partition coefficient (Wildman–Crippen LogP) is -0.388. The molecule has 1 aliphatic heterocycles. The molecule has 0 bridgehead atoms. The fourth-order valence-corrected chi connectivity index (χ4v) is 2.33. The number of carbonyl (C=O) groups excluding carboxylic acids is 1. The molecule has 1 amide bonds. The number of amides is 1. The predicted molar refractivity (Wildman–Crippen MR) is 67.4 cm³/mol. The van der Waals surface area contributed by atoms with E-state index in [9.17, 15) is 4.79 Å². The maximum Gasteiger partial charge on any atom is 0.256 e. The van der Waals surface area contributed by atoms with Gasteiger partial charge in [0.1, 0.15) is 0 Å². The topological polar surface area (TPSA) is 29.7 Å². The standard InChI is InChI=1S/C13H21N3O/c1-10-9-12(11(2)15(10)4)13(17)16-7-5-14(3)6-8-16/h9H,5-8H2,1-4H3/p+1. The summed E-state index contributed by atoms with van der Waals surface area (Å²) >= 11 is 0. The second-order valence-electron chi connectivity index (χ2n) is 5.09. The minimum atomic E-state index is 0.193. The molecule has 1 saturated heterocycles. The first-order valence-electron chi connectivity index (χ1n) is 6.24. The Morgan fingerprint density at radius 3 is 2.35 bits per heavy atom. The number of piperazine rings is 1. The Morgan fingerprint density at radius 1 is 1.29 bits per heavy atom. The molecule has 0 aliphatic carbocycles. The molecule has 4 nitrogen and oxygen atoms in total. The number of aryl methyl sites for hydroxylation is 1. The van der Waals surface area contributed by atoms with Crippen LogP contribution in [0.3, 0.4) is 0 Å². The molecule has 1 aromatic heterocycles. The van der Waals surface area contributed by atoms with Crippen LogP contribution >= 0.6 is 0 Å². The number of quaternary nitrogens is 1. The largest absolute Gasteiger partial charge is 0.351 e. The first kappa shape index (κ1) is 12.2. The molecule has 2 heterocycles. The van der Waals surface area contributed by atoms with Gasteiger partial charge in [0.05, 0.1) is 38.8 Å². The molecule has 17 heavy (non-hydrogen) atoms. The van der Waals surface area contributed by atoms with Gasteiger partial charge in [-0.15, -0.1) is 0 Å². The highest BCUT2D eigenvalue weighted by Gasteiger charge is 2.24. The van der Waals surface area contributed by atoms with Crippen LogP contribution in [0.2, 0.25) is 0 Å². The van der Waals surface area contributed by atoms with Gasteiger partial charge in [0, 0.05) is 18.4 Å². The van der Waals surface area contributed by atoms with E-state index < -0.39 is 0 Å². The number of aromatic nitrogens is 1. The third-order valence-corrected chi connectivity index (χ3v) is 3.91. The van der Waals surface area contributed by atoms with Crippen LogP contribution in [0.15, 0.2) is 6.07 Å². The normalized spacial score (nSPS) is 17.5. The Bertz CT molecular complexity index is 428. The molecule has 4 heteroatoms. The molecule has 0 atom stereocenters. The first-order chi connectivity index (χ1) is 8.00. The van der Waals surface area contributed by atoms with Crippen LogP contribution in [0, 0.1) is 13.8 Å². The Morgan fingerprint density at radius 2 is 1.88 bits per heavy atom. The van der Waals surface area contributed by atoms with Gasteiger partial charge in [-0.2, -0.15) is 0 Å². The lowest BCUT2D eigenvalue weighted by molar-refractivity contribution is -0.883. The second-order valence-corrected chi connectivity index (χ2v) is 5.09. The van der Waals surface area contributed by atoms with Crippen molar-refractivity contribution in [3.63, 3.8) is 0 Å². The van der Waals surface area contributed by atoms with Crippen LogP contribution < -0.4 is 4.90 Å². The monoisotopic (exact) mass is 236 g/mol. The SMILES string of the molecule is Cc1cc(C(=O)N2CC[NH+](C)CC2)c(C)n1C. The van der Waals surface area contributed by atoms with Gasteiger partial charge < -0.3 is 14.4 Å². The number of hydrogen-bond donors (Lipinski definition) is 1. The molecule has 1 aliphatic rings. The van der Waals surface area contributed by atoms with Gasteiger partial charge >= 0.3 is 0 Å². The number of likely N-dealkylation sites (N-methyl/N-ethyl adjacent to an activating group) is 1. The Balaban J connectivity index is 2.17. The zero-order valence-electron chi connectivity index (χ0n) is 11.2. The summed E-state index contributed by atoms with van der Waals surface area (Å²) in [7, 11) is 4.19. The molecular formula is C13H22N3O+. The summed E-state index contributed by atoms with van der Waals surface area (Å²) in [6.07, 6.45) is 0. The van der Waals surface area contributed by atoms with Gasteiger partial charge in [0.15, 0.2) is 0 Å². The Kier molecular flexibility index (Phi) is 3.24. The highest BCUT2D eigenvalue weighted by Crippen LogP contribution is 2.15. The third-order valence-electron chi connectivity index (χ3n) is 3.91. The summed E-state index contributed by atoms with van der Waals surface area (Å²) in [6.45, 7) is 7.91. The van der Waals surface area contributed by atoms with E-state index in [0.29, 0.717) is 0 Å². The molecule has 1 N–H and O–H groups in total. The van der Waals surface area contributed by atoms with Crippen LogP contribution in [-0.4, -0.2) is 48.6 Å². The van der Waals surface area contributed by atoms with Crippen molar-refractivity contribution in [2.45, 2.75) is 13.8 Å². The summed E-state index contributed by atoms with van der Waals surface area (Å²) in [5, 5.41) is 0. The fourth-order valence-electron chi connectivity index (χ4n) is 2.33. The number of hydrogen-bond acceptors (Lipinski definition) is 1. The molecule has 1 fully saturated rings. The molecule has 0 spiro atoms. The lowest BCUT2D eigenvalue weighted by atomic mass is 10.2. The summed E-state index contributed by atoms with van der Waals surface area (Å²) in [5.41, 5.74) is 3.08. The van der Waals surface area contributed by atoms with Crippen molar-refractivity contribution in [1.82, 2.24) is 9.47 Å². The van der Waals surface area contributed by atoms with Gasteiger partial charge in [-0.25, -0.2) is 0 Å². The highest BCUT2D eigenvalue weighted by molar-refractivity contribution is 5.95. The molecule has 0 radical (unpaired) electrons. The Labute approximate surface area is 103 Å². The quantitative estimate of drug-likeness (QED) is 0.707. The maximum atomic E-state index is 12.4. The molecule has 2 rings (SSSR count). The van der Waals surface area contributed by atoms with Crippen LogP contribution in [0.25, 0.3) is 0 Å². The van der Waals surface area contributed by atoms with E-state index in [0.717, 1.165) is 43.1 Å². The fraction of sp³-hybridized carbons (Fsp3) is 0.615. The Hall–Kier alpha value is -1.29. The third kappa shape index (κ3) is 2.22. The summed E-state index contributed by atoms with van der Waals surface area (Å²) in [4.78, 5) is 15.9. The van der Waals surface area contributed by atoms with Gasteiger partial charge in [0.25, 0.3) is 5.91 Å². The van der Waals surface area contributed by atoms with Crippen molar-refractivity contribution < 1.29 is 9.69 Å². The van der Waals surface area contributed by atoms with E-state index in [-0.39, 0.29) is 5.91 Å². The highest BCUT2D eigenvalue weighted by atomic mass is 16.2. The van der Waals surface area contributed by atoms with E-state index in [2.05, 4.69) is 11.6 Å². The lowest BCUT2D eigenvalue weighted by Gasteiger charge is -2.30. The molecule has 0 aromatic carbocycles. The molecule has 0 saturated carbocycles. The summed E-state index contributed by atoms with van der Waals surface area (Å²) in [6, 6.07) is 2.00. The van der Waals surface area contributed by atoms with E-state index >= 15 is 0 Å². The minimum absolute atomic E-state index is 0.193. The lowest BCUT2D eigenvalue weighted by Crippen LogP contribution is -3.12. The molecular weight excluding hydrogens is 214 g/mol. The van der Waals surface area contributed by atoms with E-state index in [1.54, 1.807) is 0 Å². The van der Waals surface area contributed by atoms with Gasteiger partial charge in [-0.3, -0.25) is 4.79 Å². The molecule has 0 unspecified atom stereocenters. The number of nitrogens with one attached hydrogen (secondary N) is 1. The van der Waals surface area contributed by atoms with Crippen LogP contribution in [-0.2, 0) is 7.05 Å². The van der Waals surface area contributed by atoms with Crippen molar-refractivity contribution in [1.29, 1.82) is 0 Å². The van der Waals surface area contributed by atoms with Crippen molar-refractivity contribution in [3.05, 3.63) is 23.0 Å². The van der Waals surface area contributed by atoms with Gasteiger partial charge in [-0.1, -0.05) is 0 Å². The average Bonchev–Trinajstić information content (AvgIpc) is 2.57. The van der Waals surface area contributed by atoms with Gasteiger partial charge in [-0.05, 0) is 19.9 Å². The van der Waals surface area contributed by atoms with E-state index in [1.165, 1.54) is 4.90 Å². The summed E-state index contributed by atoms with van der Waals surface area (Å²) < 4.78 is 2.08.